The van der Waals surface area contributed by atoms with Gasteiger partial charge in [0.15, 0.2) is 11.8 Å². The van der Waals surface area contributed by atoms with E-state index in [9.17, 15) is 14.7 Å². The molecule has 0 aromatic heterocycles. The number of carbonyl (C=O) groups is 3. The maximum Gasteiger partial charge on any atom is 0.327 e. The third-order valence-electron chi connectivity index (χ3n) is 13.7. The van der Waals surface area contributed by atoms with E-state index >= 15 is 4.79 Å². The van der Waals surface area contributed by atoms with Crippen LogP contribution in [0.15, 0.2) is 60.7 Å². The Balaban J connectivity index is 1.11. The van der Waals surface area contributed by atoms with Gasteiger partial charge < -0.3 is 34.3 Å². The van der Waals surface area contributed by atoms with E-state index < -0.39 is 59.6 Å². The molecule has 2 amide bonds. The Morgan fingerprint density at radius 3 is 2.36 bits per heavy atom. The second-order valence-corrected chi connectivity index (χ2v) is 17.7. The zero-order valence-electron chi connectivity index (χ0n) is 35.0. The van der Waals surface area contributed by atoms with Gasteiger partial charge in [0.25, 0.3) is 0 Å². The fraction of sp³-hybridized carbons (Fsp3) is 0.638. The molecule has 10 atom stereocenters. The standard InChI is InChI=1S/C47H63N3O9/c1-4-6-11-23-46(24-12-7-5-2)57-39-38-29-47(45(54)49(3)35(43(52)48-25-26-51)27-32-13-9-8-10-14-32)41(44(53)56-38)50(59-42(47)40(39)58-46)30-34-19-16-31(17-20-34)15-18-33-21-22-36-37(28-33)55-36/h8-10,13-20,33,35-42,51H,4-7,11-12,21-30H2,1-3H3,(H,48,52). The lowest BCUT2D eigenvalue weighted by atomic mass is 9.62. The second kappa shape index (κ2) is 18.1. The fourth-order valence-corrected chi connectivity index (χ4v) is 10.5. The van der Waals surface area contributed by atoms with Crippen molar-refractivity contribution in [2.75, 3.05) is 20.2 Å². The predicted octanol–water partition coefficient (Wildman–Crippen LogP) is 5.89. The number of nitrogens with zero attached hydrogens (tertiary/aromatic N) is 2. The number of carbonyl (C=O) groups excluding carboxylic acids is 3. The zero-order chi connectivity index (χ0) is 41.1. The van der Waals surface area contributed by atoms with Gasteiger partial charge in [-0.3, -0.25) is 19.2 Å². The number of benzene rings is 2. The van der Waals surface area contributed by atoms with Crippen molar-refractivity contribution < 1.29 is 43.3 Å². The molecule has 2 bridgehead atoms. The van der Waals surface area contributed by atoms with Crippen molar-refractivity contribution in [3.63, 3.8) is 0 Å². The van der Waals surface area contributed by atoms with Crippen molar-refractivity contribution >= 4 is 23.9 Å². The van der Waals surface area contributed by atoms with Crippen molar-refractivity contribution in [2.24, 2.45) is 11.3 Å². The van der Waals surface area contributed by atoms with Gasteiger partial charge in [0, 0.05) is 39.3 Å². The van der Waals surface area contributed by atoms with Crippen LogP contribution in [-0.2, 0) is 51.1 Å². The zero-order valence-corrected chi connectivity index (χ0v) is 35.0. The molecule has 0 radical (unpaired) electrons. The minimum atomic E-state index is -1.43. The lowest BCUT2D eigenvalue weighted by Gasteiger charge is -2.50. The molecular formula is C47H63N3O9. The molecule has 0 spiro atoms. The van der Waals surface area contributed by atoms with Gasteiger partial charge in [0.1, 0.15) is 35.9 Å². The summed E-state index contributed by atoms with van der Waals surface area (Å²) in [5, 5.41) is 14.0. The SMILES string of the molecule is CCCCCC1(CCCCC)OC2C3CC4(C(=O)N(C)C(Cc5ccccc5)C(=O)NCCO)C(ON(Cc5ccc(C=CC6CCC7OC7C6)cc5)C4C(=O)O3)C2O1. The molecule has 4 heterocycles. The van der Waals surface area contributed by atoms with Gasteiger partial charge in [-0.05, 0) is 54.7 Å². The molecule has 8 rings (SSSR count). The normalized spacial score (nSPS) is 32.0. The smallest absolute Gasteiger partial charge is 0.327 e. The molecule has 12 nitrogen and oxygen atoms in total. The molecule has 4 aliphatic heterocycles. The van der Waals surface area contributed by atoms with Gasteiger partial charge >= 0.3 is 5.97 Å². The summed E-state index contributed by atoms with van der Waals surface area (Å²) >= 11 is 0. The number of aliphatic hydroxyl groups excluding tert-OH is 1. The summed E-state index contributed by atoms with van der Waals surface area (Å²) in [6.45, 7) is 4.38. The van der Waals surface area contributed by atoms with Crippen molar-refractivity contribution in [3.8, 4) is 0 Å². The Morgan fingerprint density at radius 2 is 1.66 bits per heavy atom. The maximum absolute atomic E-state index is 15.6. The number of fused-ring (bicyclic) bond motifs is 5. The number of nitrogens with one attached hydrogen (secondary N) is 1. The van der Waals surface area contributed by atoms with E-state index in [0.717, 1.165) is 74.5 Å². The molecule has 2 N–H and O–H groups in total. The molecule has 2 saturated carbocycles. The monoisotopic (exact) mass is 813 g/mol. The molecule has 6 aliphatic rings. The number of hydroxylamine groups is 2. The van der Waals surface area contributed by atoms with Crippen molar-refractivity contribution in [3.05, 3.63) is 77.4 Å². The molecule has 2 aromatic carbocycles. The molecular weight excluding hydrogens is 751 g/mol. The number of amides is 2. The highest BCUT2D eigenvalue weighted by Crippen LogP contribution is 2.58. The van der Waals surface area contributed by atoms with Crippen molar-refractivity contribution in [2.45, 2.75) is 158 Å². The molecule has 12 heteroatoms. The number of epoxide rings is 1. The lowest BCUT2D eigenvalue weighted by molar-refractivity contribution is -0.225. The summed E-state index contributed by atoms with van der Waals surface area (Å²) in [5.74, 6) is -1.68. The largest absolute Gasteiger partial charge is 0.458 e. The quantitative estimate of drug-likeness (QED) is 0.100. The van der Waals surface area contributed by atoms with E-state index in [0.29, 0.717) is 31.0 Å². The van der Waals surface area contributed by atoms with Crippen molar-refractivity contribution in [1.82, 2.24) is 15.3 Å². The summed E-state index contributed by atoms with van der Waals surface area (Å²) < 4.78 is 26.0. The Labute approximate surface area is 348 Å². The Morgan fingerprint density at radius 1 is 0.932 bits per heavy atom. The molecule has 4 saturated heterocycles. The molecule has 10 unspecified atom stereocenters. The highest BCUT2D eigenvalue weighted by molar-refractivity contribution is 5.96. The number of esters is 1. The van der Waals surface area contributed by atoms with Crippen LogP contribution in [-0.4, -0.2) is 108 Å². The first kappa shape index (κ1) is 42.1. The van der Waals surface area contributed by atoms with Crippen LogP contribution in [0.3, 0.4) is 0 Å². The van der Waals surface area contributed by atoms with E-state index in [1.54, 1.807) is 12.1 Å². The van der Waals surface area contributed by atoms with Gasteiger partial charge in [-0.25, -0.2) is 0 Å². The minimum absolute atomic E-state index is 0.0475. The topological polar surface area (TPSA) is 139 Å². The average molecular weight is 814 g/mol. The molecule has 6 fully saturated rings. The molecule has 320 valence electrons. The van der Waals surface area contributed by atoms with E-state index in [2.05, 4.69) is 43.4 Å². The van der Waals surface area contributed by atoms with Crippen LogP contribution in [0.2, 0.25) is 0 Å². The highest BCUT2D eigenvalue weighted by atomic mass is 16.8. The summed E-state index contributed by atoms with van der Waals surface area (Å²) in [4.78, 5) is 52.3. The Kier molecular flexibility index (Phi) is 12.9. The van der Waals surface area contributed by atoms with Crippen LogP contribution >= 0.6 is 0 Å². The first-order chi connectivity index (χ1) is 28.7. The van der Waals surface area contributed by atoms with Crippen LogP contribution in [0, 0.1) is 11.3 Å². The first-order valence-electron chi connectivity index (χ1n) is 22.3. The number of aliphatic hydroxyl groups is 1. The number of unbranched alkanes of at least 4 members (excludes halogenated alkanes) is 4. The van der Waals surface area contributed by atoms with E-state index in [-0.39, 0.29) is 38.4 Å². The van der Waals surface area contributed by atoms with Gasteiger partial charge in [-0.1, -0.05) is 106 Å². The van der Waals surface area contributed by atoms with E-state index in [4.69, 9.17) is 23.8 Å². The highest BCUT2D eigenvalue weighted by Gasteiger charge is 2.76. The van der Waals surface area contributed by atoms with Crippen LogP contribution in [0.4, 0.5) is 0 Å². The fourth-order valence-electron chi connectivity index (χ4n) is 10.5. The van der Waals surface area contributed by atoms with E-state index in [1.165, 1.54) is 4.90 Å². The van der Waals surface area contributed by atoms with Crippen molar-refractivity contribution in [1.29, 1.82) is 0 Å². The minimum Gasteiger partial charge on any atom is -0.458 e. The summed E-state index contributed by atoms with van der Waals surface area (Å²) in [7, 11) is 1.63. The van der Waals surface area contributed by atoms with Gasteiger partial charge in [0.05, 0.1) is 25.4 Å². The van der Waals surface area contributed by atoms with Crippen LogP contribution in [0.5, 0.6) is 0 Å². The molecule has 2 aromatic rings. The Bertz CT molecular complexity index is 1800. The van der Waals surface area contributed by atoms with Crippen LogP contribution in [0.1, 0.15) is 108 Å². The molecule has 59 heavy (non-hydrogen) atoms. The second-order valence-electron chi connectivity index (χ2n) is 17.7. The third-order valence-corrected chi connectivity index (χ3v) is 13.7. The van der Waals surface area contributed by atoms with E-state index in [1.807, 2.05) is 42.5 Å². The van der Waals surface area contributed by atoms with Gasteiger partial charge in [-0.15, -0.1) is 0 Å². The Hall–Kier alpha value is -3.65. The van der Waals surface area contributed by atoms with Gasteiger partial charge in [0.2, 0.25) is 11.8 Å². The lowest BCUT2D eigenvalue weighted by Crippen LogP contribution is -2.70. The number of likely N-dealkylation sites (N-methyl/N-ethyl adjacent to an activating group) is 1. The molecule has 2 aliphatic carbocycles. The predicted molar refractivity (Wildman–Crippen MR) is 220 cm³/mol. The summed E-state index contributed by atoms with van der Waals surface area (Å²) in [6.07, 6.45) is 13.6. The average Bonchev–Trinajstić information content (AvgIpc) is 3.80. The first-order valence-corrected chi connectivity index (χ1v) is 22.3. The van der Waals surface area contributed by atoms with Crippen LogP contribution < -0.4 is 5.32 Å². The number of hydrogen-bond acceptors (Lipinski definition) is 10. The number of allylic oxidation sites excluding steroid dienone is 1. The number of ether oxygens (including phenoxy) is 4. The summed E-state index contributed by atoms with van der Waals surface area (Å²) in [5.41, 5.74) is 1.44. The van der Waals surface area contributed by atoms with Gasteiger partial charge in [-0.2, -0.15) is 5.06 Å². The number of rotatable bonds is 19. The summed E-state index contributed by atoms with van der Waals surface area (Å²) in [6, 6.07) is 15.7. The maximum atomic E-state index is 15.6. The number of hydrogen-bond donors (Lipinski definition) is 2. The third kappa shape index (κ3) is 8.63. The van der Waals surface area contributed by atoms with Crippen LogP contribution in [0.25, 0.3) is 6.08 Å².